The van der Waals surface area contributed by atoms with Gasteiger partial charge in [-0.2, -0.15) is 33.7 Å². The summed E-state index contributed by atoms with van der Waals surface area (Å²) < 4.78 is 80.1. The van der Waals surface area contributed by atoms with Crippen molar-refractivity contribution in [1.82, 2.24) is 0 Å². The van der Waals surface area contributed by atoms with Crippen molar-refractivity contribution in [2.24, 2.45) is 0 Å². The molecule has 0 aliphatic carbocycles. The maximum atomic E-state index is 12.9. The van der Waals surface area contributed by atoms with Crippen LogP contribution >= 0.6 is 11.8 Å². The molecule has 0 unspecified atom stereocenters. The van der Waals surface area contributed by atoms with Crippen molar-refractivity contribution in [1.29, 1.82) is 0 Å². The number of thioether (sulfide) groups is 1. The first-order valence-corrected chi connectivity index (χ1v) is 14.0. The van der Waals surface area contributed by atoms with E-state index in [0.29, 0.717) is 23.9 Å². The topological polar surface area (TPSA) is 68.2 Å². The highest BCUT2D eigenvalue weighted by Crippen LogP contribution is 2.45. The Hall–Kier alpha value is -3.44. The standard InChI is InChI=1S/C30H29F5O5S/c31-29(32,30(33,34)35)12-3-16-41-17-15-38-13-14-39-26-5-2-1-4-23(26)28-24-11-10-22(37)18-27(24)40-19-25(28)20-6-8-21(36)9-7-20/h1-2,4-11,18,36-37H,3,12-17,19H2. The van der Waals surface area contributed by atoms with E-state index in [2.05, 4.69) is 0 Å². The monoisotopic (exact) mass is 596 g/mol. The molecule has 4 rings (SSSR count). The van der Waals surface area contributed by atoms with Crippen LogP contribution in [0.1, 0.15) is 29.5 Å². The second kappa shape index (κ2) is 13.5. The first-order chi connectivity index (χ1) is 19.6. The number of fused-ring (bicyclic) bond motifs is 1. The Balaban J connectivity index is 1.36. The molecular formula is C30H29F5O5S. The Kier molecular flexibility index (Phi) is 10.0. The van der Waals surface area contributed by atoms with E-state index in [1.165, 1.54) is 11.8 Å². The van der Waals surface area contributed by atoms with Gasteiger partial charge in [-0.3, -0.25) is 0 Å². The number of phenols is 2. The van der Waals surface area contributed by atoms with E-state index in [4.69, 9.17) is 14.2 Å². The van der Waals surface area contributed by atoms with E-state index < -0.39 is 18.5 Å². The molecule has 0 saturated heterocycles. The van der Waals surface area contributed by atoms with Crippen LogP contribution in [0.2, 0.25) is 0 Å². The number of halogens is 5. The molecule has 11 heteroatoms. The first kappa shape index (κ1) is 30.5. The zero-order valence-corrected chi connectivity index (χ0v) is 22.7. The molecule has 0 radical (unpaired) electrons. The molecule has 0 amide bonds. The summed E-state index contributed by atoms with van der Waals surface area (Å²) in [6.07, 6.45) is -6.98. The normalized spacial score (nSPS) is 13.6. The van der Waals surface area contributed by atoms with Gasteiger partial charge in [-0.05, 0) is 48.1 Å². The van der Waals surface area contributed by atoms with Crippen molar-refractivity contribution < 1.29 is 46.4 Å². The molecule has 0 aromatic heterocycles. The van der Waals surface area contributed by atoms with Crippen molar-refractivity contribution in [2.75, 3.05) is 37.9 Å². The number of aromatic hydroxyl groups is 2. The molecule has 1 aliphatic rings. The van der Waals surface area contributed by atoms with E-state index in [1.807, 2.05) is 24.3 Å². The summed E-state index contributed by atoms with van der Waals surface area (Å²) in [5.74, 6) is -2.67. The van der Waals surface area contributed by atoms with E-state index in [-0.39, 0.29) is 43.5 Å². The lowest BCUT2D eigenvalue weighted by atomic mass is 9.87. The van der Waals surface area contributed by atoms with Crippen LogP contribution in [0.4, 0.5) is 22.0 Å². The highest BCUT2D eigenvalue weighted by Gasteiger charge is 2.56. The fourth-order valence-corrected chi connectivity index (χ4v) is 5.08. The third-order valence-electron chi connectivity index (χ3n) is 6.33. The fraction of sp³-hybridized carbons (Fsp3) is 0.333. The van der Waals surface area contributed by atoms with Crippen molar-refractivity contribution >= 4 is 22.9 Å². The fourth-order valence-electron chi connectivity index (χ4n) is 4.29. The highest BCUT2D eigenvalue weighted by molar-refractivity contribution is 7.99. The van der Waals surface area contributed by atoms with Crippen LogP contribution in [0.5, 0.6) is 23.0 Å². The Bertz CT molecular complexity index is 1340. The molecule has 0 bridgehead atoms. The predicted octanol–water partition coefficient (Wildman–Crippen LogP) is 7.56. The molecular weight excluding hydrogens is 567 g/mol. The minimum atomic E-state index is -5.51. The van der Waals surface area contributed by atoms with Crippen LogP contribution in [-0.2, 0) is 4.74 Å². The number of phenolic OH excluding ortho intramolecular Hbond substituents is 2. The number of hydrogen-bond acceptors (Lipinski definition) is 6. The van der Waals surface area contributed by atoms with Crippen molar-refractivity contribution in [3.05, 3.63) is 83.4 Å². The van der Waals surface area contributed by atoms with Gasteiger partial charge < -0.3 is 24.4 Å². The molecule has 1 aliphatic heterocycles. The van der Waals surface area contributed by atoms with Crippen LogP contribution in [0, 0.1) is 0 Å². The smallest absolute Gasteiger partial charge is 0.453 e. The number of ether oxygens (including phenoxy) is 3. The summed E-state index contributed by atoms with van der Waals surface area (Å²) in [7, 11) is 0. The summed E-state index contributed by atoms with van der Waals surface area (Å²) in [4.78, 5) is 0. The zero-order valence-electron chi connectivity index (χ0n) is 21.9. The molecule has 0 spiro atoms. The van der Waals surface area contributed by atoms with Gasteiger partial charge in [0.2, 0.25) is 0 Å². The minimum absolute atomic E-state index is 0.0790. The van der Waals surface area contributed by atoms with E-state index >= 15 is 0 Å². The number of alkyl halides is 5. The second-order valence-electron chi connectivity index (χ2n) is 9.24. The lowest BCUT2D eigenvalue weighted by molar-refractivity contribution is -0.284. The molecule has 5 nitrogen and oxygen atoms in total. The lowest BCUT2D eigenvalue weighted by Crippen LogP contribution is -2.36. The van der Waals surface area contributed by atoms with Crippen LogP contribution in [0.3, 0.4) is 0 Å². The van der Waals surface area contributed by atoms with Crippen LogP contribution in [-0.4, -0.2) is 60.2 Å². The second-order valence-corrected chi connectivity index (χ2v) is 10.5. The Labute approximate surface area is 238 Å². The molecule has 0 atom stereocenters. The van der Waals surface area contributed by atoms with Gasteiger partial charge in [0.1, 0.15) is 36.2 Å². The van der Waals surface area contributed by atoms with Gasteiger partial charge in [0.05, 0.1) is 13.2 Å². The largest absolute Gasteiger partial charge is 0.508 e. The summed E-state index contributed by atoms with van der Waals surface area (Å²) in [5.41, 5.74) is 4.17. The molecule has 0 saturated carbocycles. The quantitative estimate of drug-likeness (QED) is 0.157. The maximum absolute atomic E-state index is 12.9. The third kappa shape index (κ3) is 7.85. The first-order valence-electron chi connectivity index (χ1n) is 12.9. The predicted molar refractivity (Wildman–Crippen MR) is 148 cm³/mol. The SMILES string of the molecule is Oc1ccc(C2=C(c3ccccc3OCCOCCSCCCC(F)(F)C(F)(F)F)c3ccc(O)cc3OC2)cc1. The van der Waals surface area contributed by atoms with Crippen LogP contribution in [0.25, 0.3) is 11.1 Å². The number of benzene rings is 3. The van der Waals surface area contributed by atoms with Gasteiger partial charge in [0.15, 0.2) is 0 Å². The van der Waals surface area contributed by atoms with E-state index in [9.17, 15) is 32.2 Å². The van der Waals surface area contributed by atoms with Crippen molar-refractivity contribution in [3.8, 4) is 23.0 Å². The van der Waals surface area contributed by atoms with Gasteiger partial charge in [0, 0.05) is 40.5 Å². The van der Waals surface area contributed by atoms with Gasteiger partial charge in [-0.15, -0.1) is 0 Å². The molecule has 41 heavy (non-hydrogen) atoms. The zero-order chi connectivity index (χ0) is 29.5. The average molecular weight is 597 g/mol. The van der Waals surface area contributed by atoms with Gasteiger partial charge in [0.25, 0.3) is 0 Å². The molecule has 220 valence electrons. The third-order valence-corrected chi connectivity index (χ3v) is 7.36. The number of para-hydroxylation sites is 1. The molecule has 3 aromatic carbocycles. The lowest BCUT2D eigenvalue weighted by Gasteiger charge is -2.26. The Morgan fingerprint density at radius 3 is 2.29 bits per heavy atom. The molecule has 1 heterocycles. The van der Waals surface area contributed by atoms with Crippen LogP contribution < -0.4 is 9.47 Å². The summed E-state index contributed by atoms with van der Waals surface area (Å²) >= 11 is 1.26. The summed E-state index contributed by atoms with van der Waals surface area (Å²) in [6, 6.07) is 19.2. The molecule has 2 N–H and O–H groups in total. The Morgan fingerprint density at radius 1 is 0.805 bits per heavy atom. The molecule has 0 fully saturated rings. The van der Waals surface area contributed by atoms with Gasteiger partial charge >= 0.3 is 12.1 Å². The van der Waals surface area contributed by atoms with Crippen LogP contribution in [0.15, 0.2) is 66.7 Å². The van der Waals surface area contributed by atoms with Crippen molar-refractivity contribution in [2.45, 2.75) is 24.9 Å². The molecule has 3 aromatic rings. The summed E-state index contributed by atoms with van der Waals surface area (Å²) in [5, 5.41) is 19.8. The van der Waals surface area contributed by atoms with E-state index in [0.717, 1.165) is 27.8 Å². The maximum Gasteiger partial charge on any atom is 0.453 e. The van der Waals surface area contributed by atoms with Gasteiger partial charge in [-0.1, -0.05) is 30.3 Å². The van der Waals surface area contributed by atoms with Gasteiger partial charge in [-0.25, -0.2) is 0 Å². The Morgan fingerprint density at radius 2 is 1.54 bits per heavy atom. The summed E-state index contributed by atoms with van der Waals surface area (Å²) in [6.45, 7) is 1.01. The minimum Gasteiger partial charge on any atom is -0.508 e. The number of hydrogen-bond donors (Lipinski definition) is 2. The van der Waals surface area contributed by atoms with Crippen molar-refractivity contribution in [3.63, 3.8) is 0 Å². The van der Waals surface area contributed by atoms with E-state index in [1.54, 1.807) is 42.5 Å². The average Bonchev–Trinajstić information content (AvgIpc) is 2.93. The number of rotatable bonds is 13. The highest BCUT2D eigenvalue weighted by atomic mass is 32.2.